The maximum absolute atomic E-state index is 12.1. The number of hydrogen-bond donors (Lipinski definition) is 0. The van der Waals surface area contributed by atoms with E-state index in [2.05, 4.69) is 18.8 Å². The first-order chi connectivity index (χ1) is 8.58. The summed E-state index contributed by atoms with van der Waals surface area (Å²) in [6, 6.07) is 7.87. The van der Waals surface area contributed by atoms with Crippen LogP contribution in [0.5, 0.6) is 0 Å². The van der Waals surface area contributed by atoms with E-state index >= 15 is 0 Å². The lowest BCUT2D eigenvalue weighted by molar-refractivity contribution is 0.0971. The number of rotatable bonds is 4. The van der Waals surface area contributed by atoms with Crippen LogP contribution in [0.1, 0.15) is 41.5 Å². The van der Waals surface area contributed by atoms with Gasteiger partial charge in [-0.2, -0.15) is 0 Å². The molecular formula is C15H18N2O. The summed E-state index contributed by atoms with van der Waals surface area (Å²) in [5.41, 5.74) is 2.01. The van der Waals surface area contributed by atoms with E-state index in [0.717, 1.165) is 11.4 Å². The van der Waals surface area contributed by atoms with Crippen LogP contribution in [0.3, 0.4) is 0 Å². The fraction of sp³-hybridized carbons (Fsp3) is 0.333. The normalized spacial score (nSPS) is 10.9. The second-order valence-corrected chi connectivity index (χ2v) is 4.80. The average Bonchev–Trinajstić information content (AvgIpc) is 2.75. The Kier molecular flexibility index (Phi) is 3.60. The van der Waals surface area contributed by atoms with E-state index in [1.54, 1.807) is 6.20 Å². The van der Waals surface area contributed by atoms with Crippen molar-refractivity contribution < 1.29 is 4.79 Å². The number of imidazole rings is 1. The van der Waals surface area contributed by atoms with Gasteiger partial charge in [0.15, 0.2) is 5.78 Å². The predicted octanol–water partition coefficient (Wildman–Crippen LogP) is 3.20. The van der Waals surface area contributed by atoms with Gasteiger partial charge in [-0.1, -0.05) is 38.1 Å². The van der Waals surface area contributed by atoms with Gasteiger partial charge in [0.1, 0.15) is 5.82 Å². The molecule has 2 aromatic rings. The molecule has 0 saturated carbocycles. The van der Waals surface area contributed by atoms with Gasteiger partial charge in [0.25, 0.3) is 0 Å². The number of carbonyl (C=O) groups is 1. The maximum Gasteiger partial charge on any atom is 0.182 e. The molecular weight excluding hydrogens is 224 g/mol. The third kappa shape index (κ3) is 2.67. The SMILES string of the molecule is Cc1nccn1CC(=O)c1ccc(C(C)C)cc1. The quantitative estimate of drug-likeness (QED) is 0.772. The molecule has 0 aliphatic carbocycles. The summed E-state index contributed by atoms with van der Waals surface area (Å²) in [6.45, 7) is 6.54. The van der Waals surface area contributed by atoms with Gasteiger partial charge in [-0.25, -0.2) is 4.98 Å². The number of aryl methyl sites for hydroxylation is 1. The fourth-order valence-electron chi connectivity index (χ4n) is 1.87. The summed E-state index contributed by atoms with van der Waals surface area (Å²) in [5, 5.41) is 0. The van der Waals surface area contributed by atoms with Crippen LogP contribution >= 0.6 is 0 Å². The molecule has 0 saturated heterocycles. The number of benzene rings is 1. The summed E-state index contributed by atoms with van der Waals surface area (Å²) in [7, 11) is 0. The van der Waals surface area contributed by atoms with Gasteiger partial charge in [-0.15, -0.1) is 0 Å². The van der Waals surface area contributed by atoms with Gasteiger partial charge in [0.05, 0.1) is 6.54 Å². The number of ketones is 1. The number of aromatic nitrogens is 2. The lowest BCUT2D eigenvalue weighted by Gasteiger charge is -2.07. The third-order valence-electron chi connectivity index (χ3n) is 3.14. The Balaban J connectivity index is 2.12. The van der Waals surface area contributed by atoms with E-state index in [1.165, 1.54) is 5.56 Å². The zero-order chi connectivity index (χ0) is 13.1. The van der Waals surface area contributed by atoms with E-state index in [1.807, 2.05) is 42.0 Å². The second kappa shape index (κ2) is 5.17. The minimum Gasteiger partial charge on any atom is -0.327 e. The van der Waals surface area contributed by atoms with Gasteiger partial charge in [0.2, 0.25) is 0 Å². The summed E-state index contributed by atoms with van der Waals surface area (Å²) in [6.07, 6.45) is 3.54. The molecule has 94 valence electrons. The minimum absolute atomic E-state index is 0.117. The van der Waals surface area contributed by atoms with Gasteiger partial charge in [-0.05, 0) is 18.4 Å². The van der Waals surface area contributed by atoms with E-state index in [0.29, 0.717) is 12.5 Å². The average molecular weight is 242 g/mol. The van der Waals surface area contributed by atoms with Gasteiger partial charge < -0.3 is 4.57 Å². The highest BCUT2D eigenvalue weighted by Gasteiger charge is 2.08. The Morgan fingerprint density at radius 1 is 1.28 bits per heavy atom. The maximum atomic E-state index is 12.1. The largest absolute Gasteiger partial charge is 0.327 e. The Morgan fingerprint density at radius 3 is 2.44 bits per heavy atom. The molecule has 18 heavy (non-hydrogen) atoms. The topological polar surface area (TPSA) is 34.9 Å². The highest BCUT2D eigenvalue weighted by Crippen LogP contribution is 2.15. The molecule has 3 nitrogen and oxygen atoms in total. The molecule has 0 atom stereocenters. The molecule has 0 aliphatic heterocycles. The summed E-state index contributed by atoms with van der Waals surface area (Å²) in [4.78, 5) is 16.2. The summed E-state index contributed by atoms with van der Waals surface area (Å²) < 4.78 is 1.86. The fourth-order valence-corrected chi connectivity index (χ4v) is 1.87. The predicted molar refractivity (Wildman–Crippen MR) is 71.8 cm³/mol. The van der Waals surface area contributed by atoms with Crippen LogP contribution in [-0.2, 0) is 6.54 Å². The van der Waals surface area contributed by atoms with Crippen LogP contribution < -0.4 is 0 Å². The Hall–Kier alpha value is -1.90. The van der Waals surface area contributed by atoms with Crippen molar-refractivity contribution in [1.82, 2.24) is 9.55 Å². The van der Waals surface area contributed by atoms with Crippen LogP contribution in [0, 0.1) is 6.92 Å². The lowest BCUT2D eigenvalue weighted by Crippen LogP contribution is -2.11. The molecule has 0 aliphatic rings. The monoisotopic (exact) mass is 242 g/mol. The molecule has 3 heteroatoms. The number of nitrogens with zero attached hydrogens (tertiary/aromatic N) is 2. The highest BCUT2D eigenvalue weighted by molar-refractivity contribution is 5.95. The van der Waals surface area contributed by atoms with Crippen molar-refractivity contribution in [2.45, 2.75) is 33.2 Å². The molecule has 0 fully saturated rings. The molecule has 0 radical (unpaired) electrons. The Morgan fingerprint density at radius 2 is 1.94 bits per heavy atom. The molecule has 0 N–H and O–H groups in total. The number of Topliss-reactive ketones (excluding diaryl/α,β-unsaturated/α-hetero) is 1. The number of carbonyl (C=O) groups excluding carboxylic acids is 1. The van der Waals surface area contributed by atoms with Gasteiger partial charge in [-0.3, -0.25) is 4.79 Å². The van der Waals surface area contributed by atoms with Gasteiger partial charge >= 0.3 is 0 Å². The molecule has 0 bridgehead atoms. The van der Waals surface area contributed by atoms with Crippen LogP contribution in [0.4, 0.5) is 0 Å². The first kappa shape index (κ1) is 12.6. The molecule has 1 aromatic heterocycles. The van der Waals surface area contributed by atoms with Crippen LogP contribution in [0.15, 0.2) is 36.7 Å². The Labute approximate surface area is 107 Å². The van der Waals surface area contributed by atoms with Crippen LogP contribution in [0.25, 0.3) is 0 Å². The lowest BCUT2D eigenvalue weighted by atomic mass is 10.0. The molecule has 0 spiro atoms. The van der Waals surface area contributed by atoms with Crippen molar-refractivity contribution in [1.29, 1.82) is 0 Å². The van der Waals surface area contributed by atoms with Crippen molar-refractivity contribution in [3.63, 3.8) is 0 Å². The van der Waals surface area contributed by atoms with Crippen molar-refractivity contribution in [3.8, 4) is 0 Å². The van der Waals surface area contributed by atoms with Crippen molar-refractivity contribution in [2.75, 3.05) is 0 Å². The van der Waals surface area contributed by atoms with E-state index in [-0.39, 0.29) is 5.78 Å². The van der Waals surface area contributed by atoms with Crippen molar-refractivity contribution in [2.24, 2.45) is 0 Å². The van der Waals surface area contributed by atoms with E-state index < -0.39 is 0 Å². The van der Waals surface area contributed by atoms with Crippen molar-refractivity contribution >= 4 is 5.78 Å². The molecule has 1 heterocycles. The highest BCUT2D eigenvalue weighted by atomic mass is 16.1. The number of hydrogen-bond acceptors (Lipinski definition) is 2. The third-order valence-corrected chi connectivity index (χ3v) is 3.14. The molecule has 0 unspecified atom stereocenters. The molecule has 2 rings (SSSR count). The zero-order valence-corrected chi connectivity index (χ0v) is 11.1. The van der Waals surface area contributed by atoms with Crippen molar-refractivity contribution in [3.05, 3.63) is 53.6 Å². The Bertz CT molecular complexity index is 538. The smallest absolute Gasteiger partial charge is 0.182 e. The molecule has 0 amide bonds. The zero-order valence-electron chi connectivity index (χ0n) is 11.1. The first-order valence-corrected chi connectivity index (χ1v) is 6.19. The summed E-state index contributed by atoms with van der Waals surface area (Å²) >= 11 is 0. The first-order valence-electron chi connectivity index (χ1n) is 6.19. The second-order valence-electron chi connectivity index (χ2n) is 4.80. The van der Waals surface area contributed by atoms with Gasteiger partial charge in [0, 0.05) is 18.0 Å². The summed E-state index contributed by atoms with van der Waals surface area (Å²) in [5.74, 6) is 1.47. The van der Waals surface area contributed by atoms with E-state index in [9.17, 15) is 4.79 Å². The van der Waals surface area contributed by atoms with Crippen LogP contribution in [0.2, 0.25) is 0 Å². The standard InChI is InChI=1S/C15H18N2O/c1-11(2)13-4-6-14(7-5-13)15(18)10-17-9-8-16-12(17)3/h4-9,11H,10H2,1-3H3. The van der Waals surface area contributed by atoms with Crippen LogP contribution in [-0.4, -0.2) is 15.3 Å². The van der Waals surface area contributed by atoms with E-state index in [4.69, 9.17) is 0 Å². The molecule has 1 aromatic carbocycles. The minimum atomic E-state index is 0.117.